The number of aryl methyl sites for hydroxylation is 1. The number of esters is 1. The molecule has 18 heavy (non-hydrogen) atoms. The average molecular weight is 244 g/mol. The summed E-state index contributed by atoms with van der Waals surface area (Å²) in [7, 11) is 0. The first-order valence-corrected chi connectivity index (χ1v) is 5.70. The second-order valence-electron chi connectivity index (χ2n) is 3.82. The molecule has 1 N–H and O–H groups in total. The first-order chi connectivity index (χ1) is 8.58. The van der Waals surface area contributed by atoms with Crippen molar-refractivity contribution in [3.63, 3.8) is 0 Å². The normalized spacial score (nSPS) is 11.2. The maximum atomic E-state index is 11.5. The Hall–Kier alpha value is -2.28. The molecule has 0 aliphatic rings. The number of nitrogens with zero attached hydrogens (tertiary/aromatic N) is 1. The summed E-state index contributed by atoms with van der Waals surface area (Å²) in [5, 5.41) is 12.0. The predicted octanol–water partition coefficient (Wildman–Crippen LogP) is 2.77. The van der Waals surface area contributed by atoms with Crippen molar-refractivity contribution in [2.24, 2.45) is 0 Å². The van der Waals surface area contributed by atoms with Crippen LogP contribution >= 0.6 is 0 Å². The number of rotatable bonds is 4. The lowest BCUT2D eigenvalue weighted by Gasteiger charge is -2.09. The van der Waals surface area contributed by atoms with Gasteiger partial charge in [-0.1, -0.05) is 17.7 Å². The minimum Gasteiger partial charge on any atom is -0.462 e. The van der Waals surface area contributed by atoms with Crippen molar-refractivity contribution in [1.82, 2.24) is 0 Å². The quantitative estimate of drug-likeness (QED) is 0.502. The van der Waals surface area contributed by atoms with Gasteiger partial charge in [0.15, 0.2) is 5.57 Å². The zero-order chi connectivity index (χ0) is 13.5. The van der Waals surface area contributed by atoms with Crippen molar-refractivity contribution < 1.29 is 9.53 Å². The van der Waals surface area contributed by atoms with E-state index in [1.54, 1.807) is 13.8 Å². The monoisotopic (exact) mass is 244 g/mol. The van der Waals surface area contributed by atoms with Gasteiger partial charge in [-0.05, 0) is 32.9 Å². The SMILES string of the molecule is CCOC(=O)/C(C#N)=C(/C)Nc1ccc(C)cc1. The number of hydrogen-bond donors (Lipinski definition) is 1. The van der Waals surface area contributed by atoms with Crippen molar-refractivity contribution in [1.29, 1.82) is 5.26 Å². The molecule has 94 valence electrons. The van der Waals surface area contributed by atoms with Crippen molar-refractivity contribution in [2.45, 2.75) is 20.8 Å². The highest BCUT2D eigenvalue weighted by atomic mass is 16.5. The van der Waals surface area contributed by atoms with E-state index in [1.807, 2.05) is 37.3 Å². The summed E-state index contributed by atoms with van der Waals surface area (Å²) in [6, 6.07) is 9.54. The Balaban J connectivity index is 2.90. The zero-order valence-corrected chi connectivity index (χ0v) is 10.8. The lowest BCUT2D eigenvalue weighted by molar-refractivity contribution is -0.138. The van der Waals surface area contributed by atoms with Gasteiger partial charge in [-0.3, -0.25) is 0 Å². The van der Waals surface area contributed by atoms with E-state index >= 15 is 0 Å². The minimum atomic E-state index is -0.600. The van der Waals surface area contributed by atoms with Gasteiger partial charge in [0, 0.05) is 11.4 Å². The summed E-state index contributed by atoms with van der Waals surface area (Å²) in [5.74, 6) is -0.600. The van der Waals surface area contributed by atoms with Gasteiger partial charge < -0.3 is 10.1 Å². The molecule has 0 saturated heterocycles. The van der Waals surface area contributed by atoms with E-state index in [1.165, 1.54) is 0 Å². The molecule has 4 nitrogen and oxygen atoms in total. The molecular formula is C14H16N2O2. The Morgan fingerprint density at radius 3 is 2.50 bits per heavy atom. The highest BCUT2D eigenvalue weighted by molar-refractivity contribution is 5.94. The molecule has 0 spiro atoms. The van der Waals surface area contributed by atoms with Crippen LogP contribution < -0.4 is 5.32 Å². The third kappa shape index (κ3) is 3.63. The second kappa shape index (κ2) is 6.45. The first-order valence-electron chi connectivity index (χ1n) is 5.70. The fraction of sp³-hybridized carbons (Fsp3) is 0.286. The molecule has 0 bridgehead atoms. The molecule has 1 rings (SSSR count). The molecule has 0 aromatic heterocycles. The van der Waals surface area contributed by atoms with Gasteiger partial charge >= 0.3 is 5.97 Å². The van der Waals surface area contributed by atoms with Crippen LogP contribution in [-0.2, 0) is 9.53 Å². The molecule has 0 saturated carbocycles. The Kier molecular flexibility index (Phi) is 4.94. The number of nitriles is 1. The molecule has 0 radical (unpaired) electrons. The standard InChI is InChI=1S/C14H16N2O2/c1-4-18-14(17)13(9-15)11(3)16-12-7-5-10(2)6-8-12/h5-8,16H,4H2,1-3H3/b13-11-. The van der Waals surface area contributed by atoms with Crippen molar-refractivity contribution >= 4 is 11.7 Å². The first kappa shape index (κ1) is 13.8. The summed E-state index contributed by atoms with van der Waals surface area (Å²) in [4.78, 5) is 11.5. The van der Waals surface area contributed by atoms with E-state index in [9.17, 15) is 4.79 Å². The number of carbonyl (C=O) groups excluding carboxylic acids is 1. The van der Waals surface area contributed by atoms with Crippen molar-refractivity contribution in [3.05, 3.63) is 41.1 Å². The fourth-order valence-electron chi connectivity index (χ4n) is 1.40. The molecule has 0 aliphatic heterocycles. The predicted molar refractivity (Wildman–Crippen MR) is 69.7 cm³/mol. The Labute approximate surface area is 107 Å². The number of carbonyl (C=O) groups is 1. The number of ether oxygens (including phenoxy) is 1. The molecule has 0 heterocycles. The second-order valence-corrected chi connectivity index (χ2v) is 3.82. The van der Waals surface area contributed by atoms with E-state index in [4.69, 9.17) is 10.00 Å². The zero-order valence-electron chi connectivity index (χ0n) is 10.8. The van der Waals surface area contributed by atoms with Crippen LogP contribution in [0.3, 0.4) is 0 Å². The molecular weight excluding hydrogens is 228 g/mol. The summed E-state index contributed by atoms with van der Waals surface area (Å²) in [5.41, 5.74) is 2.46. The maximum absolute atomic E-state index is 11.5. The Morgan fingerprint density at radius 2 is 2.00 bits per heavy atom. The van der Waals surface area contributed by atoms with E-state index in [0.29, 0.717) is 5.70 Å². The van der Waals surface area contributed by atoms with E-state index in [0.717, 1.165) is 11.3 Å². The smallest absolute Gasteiger partial charge is 0.350 e. The molecule has 0 unspecified atom stereocenters. The van der Waals surface area contributed by atoms with Crippen LogP contribution in [0.15, 0.2) is 35.5 Å². The minimum absolute atomic E-state index is 0.00238. The van der Waals surface area contributed by atoms with Crippen LogP contribution in [0, 0.1) is 18.3 Å². The van der Waals surface area contributed by atoms with E-state index < -0.39 is 5.97 Å². The summed E-state index contributed by atoms with van der Waals surface area (Å²) < 4.78 is 4.81. The molecule has 1 aromatic carbocycles. The Morgan fingerprint density at radius 1 is 1.39 bits per heavy atom. The highest BCUT2D eigenvalue weighted by Crippen LogP contribution is 2.14. The van der Waals surface area contributed by atoms with Gasteiger partial charge in [-0.25, -0.2) is 4.79 Å². The van der Waals surface area contributed by atoms with Crippen LogP contribution in [-0.4, -0.2) is 12.6 Å². The maximum Gasteiger partial charge on any atom is 0.350 e. The summed E-state index contributed by atoms with van der Waals surface area (Å²) in [6.45, 7) is 5.62. The Bertz CT molecular complexity index is 496. The molecule has 4 heteroatoms. The van der Waals surface area contributed by atoms with Gasteiger partial charge in [0.25, 0.3) is 0 Å². The van der Waals surface area contributed by atoms with E-state index in [2.05, 4.69) is 5.32 Å². The van der Waals surface area contributed by atoms with Gasteiger partial charge in [0.2, 0.25) is 0 Å². The van der Waals surface area contributed by atoms with Crippen LogP contribution in [0.1, 0.15) is 19.4 Å². The van der Waals surface area contributed by atoms with Gasteiger partial charge in [0.05, 0.1) is 6.61 Å². The van der Waals surface area contributed by atoms with Gasteiger partial charge in [-0.2, -0.15) is 5.26 Å². The van der Waals surface area contributed by atoms with Gasteiger partial charge in [0.1, 0.15) is 6.07 Å². The number of nitrogens with one attached hydrogen (secondary N) is 1. The molecule has 0 amide bonds. The lowest BCUT2D eigenvalue weighted by atomic mass is 10.2. The topological polar surface area (TPSA) is 62.1 Å². The number of hydrogen-bond acceptors (Lipinski definition) is 4. The van der Waals surface area contributed by atoms with Crippen LogP contribution in [0.2, 0.25) is 0 Å². The largest absolute Gasteiger partial charge is 0.462 e. The van der Waals surface area contributed by atoms with Gasteiger partial charge in [-0.15, -0.1) is 0 Å². The van der Waals surface area contributed by atoms with Crippen LogP contribution in [0.5, 0.6) is 0 Å². The molecule has 0 fully saturated rings. The molecule has 0 atom stereocenters. The van der Waals surface area contributed by atoms with Crippen LogP contribution in [0.4, 0.5) is 5.69 Å². The number of anilines is 1. The third-order valence-electron chi connectivity index (χ3n) is 2.35. The van der Waals surface area contributed by atoms with E-state index in [-0.39, 0.29) is 12.2 Å². The molecule has 0 aliphatic carbocycles. The van der Waals surface area contributed by atoms with Crippen LogP contribution in [0.25, 0.3) is 0 Å². The summed E-state index contributed by atoms with van der Waals surface area (Å²) in [6.07, 6.45) is 0. The summed E-state index contributed by atoms with van der Waals surface area (Å²) >= 11 is 0. The average Bonchev–Trinajstić information content (AvgIpc) is 2.33. The fourth-order valence-corrected chi connectivity index (χ4v) is 1.40. The van der Waals surface area contributed by atoms with Crippen molar-refractivity contribution in [3.8, 4) is 6.07 Å². The lowest BCUT2D eigenvalue weighted by Crippen LogP contribution is -2.11. The number of benzene rings is 1. The number of allylic oxidation sites excluding steroid dienone is 1. The van der Waals surface area contributed by atoms with Crippen molar-refractivity contribution in [2.75, 3.05) is 11.9 Å². The molecule has 1 aromatic rings. The third-order valence-corrected chi connectivity index (χ3v) is 2.35. The highest BCUT2D eigenvalue weighted by Gasteiger charge is 2.13.